The van der Waals surface area contributed by atoms with Gasteiger partial charge in [0, 0.05) is 25.7 Å². The van der Waals surface area contributed by atoms with Crippen LogP contribution in [0.5, 0.6) is 0 Å². The van der Waals surface area contributed by atoms with Gasteiger partial charge >= 0.3 is 77.6 Å². The Morgan fingerprint density at radius 2 is 0.453 bits per heavy atom. The van der Waals surface area contributed by atoms with Gasteiger partial charge < -0.3 is 87.1 Å². The number of hydrogen-bond acceptors (Lipinski definition) is 31. The van der Waals surface area contributed by atoms with Gasteiger partial charge in [-0.1, -0.05) is 238 Å². The molecule has 0 saturated heterocycles. The first-order chi connectivity index (χ1) is 65.8. The van der Waals surface area contributed by atoms with Crippen LogP contribution in [0, 0.1) is 47.3 Å². The monoisotopic (exact) mass is 1950 g/mol. The van der Waals surface area contributed by atoms with Crippen molar-refractivity contribution in [2.45, 2.75) is 510 Å². The van der Waals surface area contributed by atoms with Crippen molar-refractivity contribution in [3.8, 4) is 0 Å². The van der Waals surface area contributed by atoms with E-state index in [1.807, 2.05) is 13.8 Å². The normalized spacial score (nSPS) is 19.7. The number of aliphatic hydroxyl groups excluding tert-OH is 5. The lowest BCUT2D eigenvalue weighted by atomic mass is 9.61. The number of esters is 13. The fourth-order valence-electron chi connectivity index (χ4n) is 18.6. The third-order valence-electron chi connectivity index (χ3n) is 27.3. The second kappa shape index (κ2) is 77.6. The van der Waals surface area contributed by atoms with E-state index in [0.717, 1.165) is 167 Å². The van der Waals surface area contributed by atoms with Crippen molar-refractivity contribution in [2.75, 3.05) is 39.6 Å². The Kier molecular flexibility index (Phi) is 71.3. The Morgan fingerprint density at radius 3 is 0.752 bits per heavy atom. The highest BCUT2D eigenvalue weighted by molar-refractivity contribution is 5.76. The maximum Gasteiger partial charge on any atom is 0.309 e. The predicted octanol–water partition coefficient (Wildman–Crippen LogP) is 18.7. The number of carbonyl (C=O) groups excluding carboxylic acids is 13. The summed E-state index contributed by atoms with van der Waals surface area (Å²) in [7, 11) is 0. The van der Waals surface area contributed by atoms with Gasteiger partial charge in [-0.3, -0.25) is 62.3 Å². The summed E-state index contributed by atoms with van der Waals surface area (Å²) in [4.78, 5) is 170. The van der Waals surface area contributed by atoms with Crippen LogP contribution in [0.2, 0.25) is 0 Å². The molecule has 2 fully saturated rings. The molecule has 0 radical (unpaired) electrons. The largest absolute Gasteiger partial charge is 0.462 e. The van der Waals surface area contributed by atoms with Crippen molar-refractivity contribution < 1.29 is 149 Å². The number of ether oxygens (including phenoxy) is 13. The molecular weight excluding hydrogens is 1770 g/mol. The van der Waals surface area contributed by atoms with E-state index in [-0.39, 0.29) is 108 Å². The zero-order valence-corrected chi connectivity index (χ0v) is 86.3. The summed E-state index contributed by atoms with van der Waals surface area (Å²) in [6.07, 6.45) is 22.1. The van der Waals surface area contributed by atoms with Crippen LogP contribution in [0.1, 0.15) is 437 Å². The van der Waals surface area contributed by atoms with Crippen LogP contribution in [0.15, 0.2) is 0 Å². The molecule has 0 aromatic rings. The first-order valence-corrected chi connectivity index (χ1v) is 53.5. The molecule has 2 saturated carbocycles. The molecule has 0 aromatic heterocycles. The zero-order chi connectivity index (χ0) is 102. The standard InChI is InChI=1S/C106H184O31/c1-14-27-29-34-40-47-76-55-54-75(46-41-36-33-39-45-51-95(113)132-84(23-10)64-100(118)128-71-88(136-104(122)61-81(110)20-7)69-126-98(116)59-79(108)18-5)90(26-13)93(76)67-106(124)134-86(25-12)66-102(120)130-73-89(137-105(123)62-82(111)21-8)72-129-101(119)65-85(24-11)133-96(114)57-56-77-53-52-74(16-3)91(92(77)49-42-35-30-28-15-2)48-43-37-31-32-38-44-50-94(112)131-83(22-9)63-99(117)127-70-87(135-103(121)60-80(109)19-6)68-125-97(115)58-78(107)17-4/h74-93,107-111H,14-73H2,1-13H3. The van der Waals surface area contributed by atoms with E-state index in [2.05, 4.69) is 27.7 Å². The summed E-state index contributed by atoms with van der Waals surface area (Å²) >= 11 is 0. The van der Waals surface area contributed by atoms with Crippen LogP contribution in [0.25, 0.3) is 0 Å². The van der Waals surface area contributed by atoms with Gasteiger partial charge in [-0.2, -0.15) is 0 Å². The van der Waals surface area contributed by atoms with Gasteiger partial charge in [-0.05, 0) is 163 Å². The van der Waals surface area contributed by atoms with Crippen molar-refractivity contribution in [3.63, 3.8) is 0 Å². The molecule has 0 aliphatic heterocycles. The zero-order valence-electron chi connectivity index (χ0n) is 86.3. The summed E-state index contributed by atoms with van der Waals surface area (Å²) in [6, 6.07) is 0. The van der Waals surface area contributed by atoms with Gasteiger partial charge in [0.25, 0.3) is 0 Å². The van der Waals surface area contributed by atoms with E-state index in [9.17, 15) is 87.9 Å². The highest BCUT2D eigenvalue weighted by atomic mass is 16.6. The Balaban J connectivity index is 2.01. The van der Waals surface area contributed by atoms with E-state index in [4.69, 9.17) is 61.6 Å². The first kappa shape index (κ1) is 126. The van der Waals surface area contributed by atoms with Gasteiger partial charge in [0.15, 0.2) is 18.3 Å². The number of aliphatic hydroxyl groups is 5. The highest BCUT2D eigenvalue weighted by Gasteiger charge is 2.42. The number of rotatable bonds is 82. The van der Waals surface area contributed by atoms with Crippen molar-refractivity contribution in [3.05, 3.63) is 0 Å². The molecule has 794 valence electrons. The SMILES string of the molecule is CCCCCCCC1CCC(CCCCCCCC(=O)OC(CC)CC(=O)OCC(COC(=O)CC(O)CC)OC(=O)CC(O)CC)C(CC)C1CC(=O)OC(CC)CC(=O)OCC(COC(=O)CC(CC)OC(=O)CCC1CCC(CC)C(CCCCCCCCC(=O)OC(CC)CC(=O)OCC(COC(=O)CC(O)CC)OC(=O)CC(O)CC)C1CCCCCCC)OC(=O)CC(O)CC. The number of unbranched alkanes of at least 4 members (excludes halogenated alkanes) is 17. The second-order valence-electron chi connectivity index (χ2n) is 38.4. The average Bonchev–Trinajstić information content (AvgIpc) is 0.804. The van der Waals surface area contributed by atoms with Crippen molar-refractivity contribution in [1.29, 1.82) is 0 Å². The van der Waals surface area contributed by atoms with E-state index < -0.39 is 185 Å². The maximum absolute atomic E-state index is 14.2. The molecule has 2 rings (SSSR count). The quantitative estimate of drug-likeness (QED) is 0.0214. The molecule has 31 heteroatoms. The minimum Gasteiger partial charge on any atom is -0.462 e. The van der Waals surface area contributed by atoms with E-state index in [1.54, 1.807) is 48.5 Å². The van der Waals surface area contributed by atoms with Gasteiger partial charge in [-0.25, -0.2) is 0 Å². The van der Waals surface area contributed by atoms with Crippen LogP contribution >= 0.6 is 0 Å². The second-order valence-corrected chi connectivity index (χ2v) is 38.4. The molecular formula is C106H184O31. The molecule has 20 atom stereocenters. The van der Waals surface area contributed by atoms with Gasteiger partial charge in [0.1, 0.15) is 64.1 Å². The summed E-state index contributed by atoms with van der Waals surface area (Å²) in [5, 5.41) is 49.9. The van der Waals surface area contributed by atoms with Crippen molar-refractivity contribution >= 4 is 77.6 Å². The Labute approximate surface area is 820 Å². The third kappa shape index (κ3) is 59.4. The Morgan fingerprint density at radius 1 is 0.212 bits per heavy atom. The van der Waals surface area contributed by atoms with Crippen LogP contribution in [-0.4, -0.2) is 216 Å². The number of carbonyl (C=O) groups is 13. The maximum atomic E-state index is 14.2. The van der Waals surface area contributed by atoms with Crippen molar-refractivity contribution in [2.24, 2.45) is 47.3 Å². The molecule has 0 spiro atoms. The smallest absolute Gasteiger partial charge is 0.309 e. The average molecular weight is 1950 g/mol. The lowest BCUT2D eigenvalue weighted by Gasteiger charge is -2.44. The molecule has 20 unspecified atom stereocenters. The minimum absolute atomic E-state index is 0.0872. The summed E-state index contributed by atoms with van der Waals surface area (Å²) in [5.41, 5.74) is 0. The highest BCUT2D eigenvalue weighted by Crippen LogP contribution is 2.49. The topological polar surface area (TPSA) is 443 Å². The van der Waals surface area contributed by atoms with Crippen LogP contribution in [0.4, 0.5) is 0 Å². The summed E-state index contributed by atoms with van der Waals surface area (Å²) in [6.45, 7) is 21.9. The fourth-order valence-corrected chi connectivity index (χ4v) is 18.6. The lowest BCUT2D eigenvalue weighted by Crippen LogP contribution is -2.37. The van der Waals surface area contributed by atoms with E-state index in [1.165, 1.54) is 19.3 Å². The molecule has 0 amide bonds. The molecule has 0 bridgehead atoms. The van der Waals surface area contributed by atoms with Crippen LogP contribution in [0.3, 0.4) is 0 Å². The number of hydrogen-bond donors (Lipinski definition) is 5. The first-order valence-electron chi connectivity index (χ1n) is 53.5. The Bertz CT molecular complexity index is 3310. The van der Waals surface area contributed by atoms with Crippen LogP contribution in [-0.2, 0) is 124 Å². The summed E-state index contributed by atoms with van der Waals surface area (Å²) < 4.78 is 72.3. The van der Waals surface area contributed by atoms with Gasteiger partial charge in [-0.15, -0.1) is 0 Å². The predicted molar refractivity (Wildman–Crippen MR) is 516 cm³/mol. The minimum atomic E-state index is -1.26. The molecule has 2 aliphatic rings. The summed E-state index contributed by atoms with van der Waals surface area (Å²) in [5.74, 6) is -5.26. The molecule has 0 heterocycles. The molecule has 0 aromatic carbocycles. The van der Waals surface area contributed by atoms with Crippen LogP contribution < -0.4 is 0 Å². The van der Waals surface area contributed by atoms with Gasteiger partial charge in [0.2, 0.25) is 0 Å². The molecule has 5 N–H and O–H groups in total. The van der Waals surface area contributed by atoms with Crippen molar-refractivity contribution in [1.82, 2.24) is 0 Å². The fraction of sp³-hybridized carbons (Fsp3) is 0.877. The third-order valence-corrected chi connectivity index (χ3v) is 27.3. The van der Waals surface area contributed by atoms with E-state index in [0.29, 0.717) is 106 Å². The lowest BCUT2D eigenvalue weighted by molar-refractivity contribution is -0.171. The Hall–Kier alpha value is -7.09. The molecule has 137 heavy (non-hydrogen) atoms. The molecule has 2 aliphatic carbocycles. The van der Waals surface area contributed by atoms with Gasteiger partial charge in [0.05, 0.1) is 88.3 Å². The molecule has 31 nitrogen and oxygen atoms in total. The van der Waals surface area contributed by atoms with E-state index >= 15 is 0 Å².